The number of nitrogens with zero attached hydrogens (tertiary/aromatic N) is 2. The number of rotatable bonds is 9. The molecule has 3 aromatic rings. The summed E-state index contributed by atoms with van der Waals surface area (Å²) in [6.07, 6.45) is 6.31. The van der Waals surface area contributed by atoms with Gasteiger partial charge in [0.2, 0.25) is 0 Å². The molecular weight excluding hydrogens is 348 g/mol. The third-order valence-electron chi connectivity index (χ3n) is 4.92. The van der Waals surface area contributed by atoms with Crippen molar-refractivity contribution >= 4 is 17.2 Å². The summed E-state index contributed by atoms with van der Waals surface area (Å²) in [5.41, 5.74) is 5.62. The van der Waals surface area contributed by atoms with Gasteiger partial charge in [-0.25, -0.2) is 4.98 Å². The van der Waals surface area contributed by atoms with E-state index < -0.39 is 0 Å². The Morgan fingerprint density at radius 2 is 1.89 bits per heavy atom. The molecule has 1 amide bonds. The number of aryl methyl sites for hydroxylation is 2. The molecule has 5 heteroatoms. The molecule has 0 unspecified atom stereocenters. The Bertz CT molecular complexity index is 928. The van der Waals surface area contributed by atoms with Gasteiger partial charge in [-0.2, -0.15) is 0 Å². The lowest BCUT2D eigenvalue weighted by molar-refractivity contribution is 0.0944. The molecule has 28 heavy (non-hydrogen) atoms. The molecule has 1 aromatic carbocycles. The van der Waals surface area contributed by atoms with Crippen LogP contribution in [0.15, 0.2) is 42.6 Å². The molecule has 2 N–H and O–H groups in total. The van der Waals surface area contributed by atoms with Gasteiger partial charge in [0, 0.05) is 25.0 Å². The number of benzene rings is 1. The van der Waals surface area contributed by atoms with Crippen LogP contribution < -0.4 is 10.6 Å². The van der Waals surface area contributed by atoms with Gasteiger partial charge in [0.15, 0.2) is 0 Å². The number of hydrogen-bond donors (Lipinski definition) is 2. The number of nitrogens with one attached hydrogen (secondary N) is 2. The number of imidazole rings is 1. The molecule has 0 aliphatic carbocycles. The Morgan fingerprint density at radius 1 is 1.11 bits per heavy atom. The predicted molar refractivity (Wildman–Crippen MR) is 115 cm³/mol. The Hall–Kier alpha value is -2.82. The molecule has 0 radical (unpaired) electrons. The van der Waals surface area contributed by atoms with Crippen molar-refractivity contribution in [2.75, 3.05) is 11.9 Å². The molecule has 0 fully saturated rings. The molecule has 0 spiro atoms. The van der Waals surface area contributed by atoms with Gasteiger partial charge in [0.05, 0.1) is 5.69 Å². The van der Waals surface area contributed by atoms with Crippen LogP contribution in [-0.2, 0) is 13.0 Å². The number of unbranched alkanes of at least 4 members (excludes halogenated alkanes) is 2. The molecule has 0 bridgehead atoms. The van der Waals surface area contributed by atoms with Crippen molar-refractivity contribution in [2.24, 2.45) is 0 Å². The SMILES string of the molecule is CCCCCNc1ccc(CNC(=O)c2c(CC)nc3cc(C)ccn23)cc1. The normalized spacial score (nSPS) is 11.0. The van der Waals surface area contributed by atoms with E-state index in [1.165, 1.54) is 19.3 Å². The van der Waals surface area contributed by atoms with Crippen molar-refractivity contribution < 1.29 is 4.79 Å². The molecule has 2 heterocycles. The van der Waals surface area contributed by atoms with Crippen molar-refractivity contribution in [1.82, 2.24) is 14.7 Å². The van der Waals surface area contributed by atoms with Crippen molar-refractivity contribution in [2.45, 2.75) is 53.0 Å². The van der Waals surface area contributed by atoms with Crippen LogP contribution in [0.25, 0.3) is 5.65 Å². The monoisotopic (exact) mass is 378 g/mol. The first-order chi connectivity index (χ1) is 13.6. The van der Waals surface area contributed by atoms with Crippen LogP contribution in [0.3, 0.4) is 0 Å². The molecule has 0 atom stereocenters. The minimum Gasteiger partial charge on any atom is -0.385 e. The van der Waals surface area contributed by atoms with E-state index in [1.807, 2.05) is 36.6 Å². The first kappa shape index (κ1) is 19.9. The van der Waals surface area contributed by atoms with E-state index in [0.717, 1.165) is 41.1 Å². The van der Waals surface area contributed by atoms with E-state index in [9.17, 15) is 4.79 Å². The van der Waals surface area contributed by atoms with Gasteiger partial charge in [0.25, 0.3) is 5.91 Å². The Kier molecular flexibility index (Phi) is 6.69. The van der Waals surface area contributed by atoms with Crippen molar-refractivity contribution in [3.8, 4) is 0 Å². The highest BCUT2D eigenvalue weighted by Gasteiger charge is 2.17. The number of pyridine rings is 1. The number of carbonyl (C=O) groups excluding carboxylic acids is 1. The zero-order chi connectivity index (χ0) is 19.9. The smallest absolute Gasteiger partial charge is 0.270 e. The van der Waals surface area contributed by atoms with E-state index >= 15 is 0 Å². The molecule has 0 saturated heterocycles. The molecular formula is C23H30N4O. The fraction of sp³-hybridized carbons (Fsp3) is 0.391. The summed E-state index contributed by atoms with van der Waals surface area (Å²) < 4.78 is 1.88. The second-order valence-electron chi connectivity index (χ2n) is 7.21. The number of fused-ring (bicyclic) bond motifs is 1. The van der Waals surface area contributed by atoms with Crippen LogP contribution in [0.5, 0.6) is 0 Å². The Morgan fingerprint density at radius 3 is 2.61 bits per heavy atom. The van der Waals surface area contributed by atoms with Gasteiger partial charge in [-0.15, -0.1) is 0 Å². The van der Waals surface area contributed by atoms with Crippen LogP contribution in [0.2, 0.25) is 0 Å². The molecule has 0 saturated carbocycles. The number of amides is 1. The van der Waals surface area contributed by atoms with Gasteiger partial charge >= 0.3 is 0 Å². The average Bonchev–Trinajstić information content (AvgIpc) is 3.08. The van der Waals surface area contributed by atoms with Gasteiger partial charge < -0.3 is 10.6 Å². The molecule has 3 rings (SSSR count). The standard InChI is InChI=1S/C23H30N4O/c1-4-6-7-13-24-19-10-8-18(9-11-19)16-25-23(28)22-20(5-2)26-21-15-17(3)12-14-27(21)22/h8-12,14-15,24H,4-7,13,16H2,1-3H3,(H,25,28). The molecule has 148 valence electrons. The molecule has 0 aliphatic heterocycles. The number of carbonyl (C=O) groups is 1. The zero-order valence-corrected chi connectivity index (χ0v) is 17.1. The van der Waals surface area contributed by atoms with Crippen LogP contribution in [0, 0.1) is 6.92 Å². The quantitative estimate of drug-likeness (QED) is 0.529. The number of anilines is 1. The van der Waals surface area contributed by atoms with Crippen LogP contribution in [0.1, 0.15) is 60.4 Å². The third kappa shape index (κ3) is 4.71. The summed E-state index contributed by atoms with van der Waals surface area (Å²) in [6, 6.07) is 12.3. The first-order valence-electron chi connectivity index (χ1n) is 10.2. The summed E-state index contributed by atoms with van der Waals surface area (Å²) >= 11 is 0. The average molecular weight is 379 g/mol. The van der Waals surface area contributed by atoms with E-state index in [0.29, 0.717) is 12.2 Å². The number of hydrogen-bond acceptors (Lipinski definition) is 3. The van der Waals surface area contributed by atoms with Gasteiger partial charge in [-0.1, -0.05) is 38.8 Å². The molecule has 0 aliphatic rings. The van der Waals surface area contributed by atoms with Crippen LogP contribution in [-0.4, -0.2) is 21.8 Å². The second kappa shape index (κ2) is 9.40. The highest BCUT2D eigenvalue weighted by molar-refractivity contribution is 5.94. The van der Waals surface area contributed by atoms with E-state index in [1.54, 1.807) is 0 Å². The van der Waals surface area contributed by atoms with Crippen molar-refractivity contribution in [3.05, 3.63) is 65.1 Å². The fourth-order valence-electron chi connectivity index (χ4n) is 3.30. The minimum atomic E-state index is -0.0880. The summed E-state index contributed by atoms with van der Waals surface area (Å²) in [7, 11) is 0. The highest BCUT2D eigenvalue weighted by Crippen LogP contribution is 2.16. The highest BCUT2D eigenvalue weighted by atomic mass is 16.1. The maximum atomic E-state index is 12.8. The van der Waals surface area contributed by atoms with E-state index in [-0.39, 0.29) is 5.91 Å². The molecule has 2 aromatic heterocycles. The summed E-state index contributed by atoms with van der Waals surface area (Å²) in [5, 5.41) is 6.48. The van der Waals surface area contributed by atoms with E-state index in [2.05, 4.69) is 46.8 Å². The topological polar surface area (TPSA) is 58.4 Å². The third-order valence-corrected chi connectivity index (χ3v) is 4.92. The Balaban J connectivity index is 1.63. The summed E-state index contributed by atoms with van der Waals surface area (Å²) in [4.78, 5) is 17.5. The second-order valence-corrected chi connectivity index (χ2v) is 7.21. The predicted octanol–water partition coefficient (Wildman–Crippen LogP) is 4.74. The van der Waals surface area contributed by atoms with Crippen LogP contribution in [0.4, 0.5) is 5.69 Å². The van der Waals surface area contributed by atoms with Gasteiger partial charge in [-0.05, 0) is 55.2 Å². The van der Waals surface area contributed by atoms with Gasteiger partial charge in [0.1, 0.15) is 11.3 Å². The lowest BCUT2D eigenvalue weighted by atomic mass is 10.2. The van der Waals surface area contributed by atoms with Gasteiger partial charge in [-0.3, -0.25) is 9.20 Å². The maximum absolute atomic E-state index is 12.8. The molecule has 5 nitrogen and oxygen atoms in total. The summed E-state index contributed by atoms with van der Waals surface area (Å²) in [5.74, 6) is -0.0880. The van der Waals surface area contributed by atoms with Crippen molar-refractivity contribution in [3.63, 3.8) is 0 Å². The van der Waals surface area contributed by atoms with E-state index in [4.69, 9.17) is 0 Å². The Labute approximate surface area is 167 Å². The first-order valence-corrected chi connectivity index (χ1v) is 10.2. The minimum absolute atomic E-state index is 0.0880. The fourth-order valence-corrected chi connectivity index (χ4v) is 3.30. The number of aromatic nitrogens is 2. The van der Waals surface area contributed by atoms with Crippen LogP contribution >= 0.6 is 0 Å². The summed E-state index contributed by atoms with van der Waals surface area (Å²) in [6.45, 7) is 7.76. The largest absolute Gasteiger partial charge is 0.385 e. The van der Waals surface area contributed by atoms with Crippen molar-refractivity contribution in [1.29, 1.82) is 0 Å². The lowest BCUT2D eigenvalue weighted by Gasteiger charge is -2.09. The lowest BCUT2D eigenvalue weighted by Crippen LogP contribution is -2.25. The maximum Gasteiger partial charge on any atom is 0.270 e. The zero-order valence-electron chi connectivity index (χ0n) is 17.1.